The third kappa shape index (κ3) is 1.84. The lowest BCUT2D eigenvalue weighted by Gasteiger charge is -2.24. The summed E-state index contributed by atoms with van der Waals surface area (Å²) in [4.78, 5) is 11.3. The van der Waals surface area contributed by atoms with Gasteiger partial charge >= 0.3 is 0 Å². The number of hydrogen-bond acceptors (Lipinski definition) is 1. The largest absolute Gasteiger partial charge is 0.295 e. The van der Waals surface area contributed by atoms with Crippen LogP contribution >= 0.6 is 0 Å². The molecule has 12 heavy (non-hydrogen) atoms. The van der Waals surface area contributed by atoms with Crippen LogP contribution in [0.5, 0.6) is 0 Å². The molecule has 0 aromatic carbocycles. The fourth-order valence-electron chi connectivity index (χ4n) is 1.70. The fraction of sp³-hybridized carbons (Fsp3) is 0.545. The second-order valence-electron chi connectivity index (χ2n) is 3.65. The third-order valence-electron chi connectivity index (χ3n) is 2.59. The van der Waals surface area contributed by atoms with Gasteiger partial charge in [-0.1, -0.05) is 18.6 Å². The summed E-state index contributed by atoms with van der Waals surface area (Å²) in [7, 11) is 0. The fourth-order valence-corrected chi connectivity index (χ4v) is 1.70. The lowest BCUT2D eigenvalue weighted by Crippen LogP contribution is -2.20. The zero-order chi connectivity index (χ0) is 9.14. The van der Waals surface area contributed by atoms with E-state index < -0.39 is 0 Å². The predicted octanol–water partition coefficient (Wildman–Crippen LogP) is 2.73. The third-order valence-corrected chi connectivity index (χ3v) is 2.59. The maximum atomic E-state index is 11.3. The van der Waals surface area contributed by atoms with Crippen LogP contribution in [0, 0.1) is 11.8 Å². The molecule has 0 aromatic heterocycles. The molecule has 1 aliphatic rings. The van der Waals surface area contributed by atoms with Gasteiger partial charge in [0.2, 0.25) is 0 Å². The van der Waals surface area contributed by atoms with E-state index in [0.717, 1.165) is 12.8 Å². The Morgan fingerprint density at radius 3 is 3.00 bits per heavy atom. The number of allylic oxidation sites excluding steroid dienone is 3. The van der Waals surface area contributed by atoms with Crippen LogP contribution < -0.4 is 0 Å². The number of hydrogen-bond donors (Lipinski definition) is 0. The topological polar surface area (TPSA) is 17.1 Å². The molecule has 1 nitrogen and oxygen atoms in total. The zero-order valence-electron chi connectivity index (χ0n) is 7.84. The normalized spacial score (nSPS) is 29.8. The molecular formula is C11H16O. The predicted molar refractivity (Wildman–Crippen MR) is 50.8 cm³/mol. The molecule has 0 saturated heterocycles. The molecule has 0 fully saturated rings. The highest BCUT2D eigenvalue weighted by molar-refractivity contribution is 5.93. The Balaban J connectivity index is 2.73. The Morgan fingerprint density at radius 2 is 2.42 bits per heavy atom. The van der Waals surface area contributed by atoms with Crippen molar-refractivity contribution in [1.82, 2.24) is 0 Å². The minimum atomic E-state index is 0.207. The standard InChI is InChI=1S/C11H16O/c1-4-5-10-6-9(3)11(12)7-8(10)2/h4,7,9-10H,1,5-6H2,2-3H3/t9-,10+/m1/s1. The van der Waals surface area contributed by atoms with Gasteiger partial charge < -0.3 is 0 Å². The van der Waals surface area contributed by atoms with Crippen LogP contribution in [0.1, 0.15) is 26.7 Å². The molecule has 66 valence electrons. The van der Waals surface area contributed by atoms with E-state index >= 15 is 0 Å². The molecule has 0 N–H and O–H groups in total. The van der Waals surface area contributed by atoms with E-state index in [2.05, 4.69) is 6.58 Å². The first-order valence-corrected chi connectivity index (χ1v) is 4.48. The number of ketones is 1. The van der Waals surface area contributed by atoms with Crippen molar-refractivity contribution in [3.63, 3.8) is 0 Å². The summed E-state index contributed by atoms with van der Waals surface area (Å²) < 4.78 is 0. The number of carbonyl (C=O) groups is 1. The van der Waals surface area contributed by atoms with Crippen molar-refractivity contribution in [1.29, 1.82) is 0 Å². The molecule has 0 aromatic rings. The highest BCUT2D eigenvalue weighted by Crippen LogP contribution is 2.29. The molecule has 1 rings (SSSR count). The van der Waals surface area contributed by atoms with E-state index in [1.165, 1.54) is 5.57 Å². The molecule has 1 aliphatic carbocycles. The lowest BCUT2D eigenvalue weighted by atomic mass is 9.80. The van der Waals surface area contributed by atoms with Crippen LogP contribution in [0.15, 0.2) is 24.3 Å². The first-order chi connectivity index (χ1) is 5.65. The highest BCUT2D eigenvalue weighted by Gasteiger charge is 2.23. The molecule has 0 radical (unpaired) electrons. The summed E-state index contributed by atoms with van der Waals surface area (Å²) in [5.74, 6) is 1.04. The van der Waals surface area contributed by atoms with Crippen LogP contribution in [-0.4, -0.2) is 5.78 Å². The maximum absolute atomic E-state index is 11.3. The van der Waals surface area contributed by atoms with Crippen LogP contribution in [0.2, 0.25) is 0 Å². The number of rotatable bonds is 2. The lowest BCUT2D eigenvalue weighted by molar-refractivity contribution is -0.118. The SMILES string of the molecule is C=CC[C@H]1C[C@@H](C)C(=O)C=C1C. The molecule has 0 bridgehead atoms. The Labute approximate surface area is 74.2 Å². The quantitative estimate of drug-likeness (QED) is 0.573. The summed E-state index contributed by atoms with van der Waals surface area (Å²) >= 11 is 0. The summed E-state index contributed by atoms with van der Waals surface area (Å²) in [5.41, 5.74) is 1.22. The minimum absolute atomic E-state index is 0.207. The Hall–Kier alpha value is -0.850. The van der Waals surface area contributed by atoms with Crippen molar-refractivity contribution < 1.29 is 4.79 Å². The van der Waals surface area contributed by atoms with E-state index in [1.54, 1.807) is 6.08 Å². The summed E-state index contributed by atoms with van der Waals surface area (Å²) in [6.07, 6.45) is 5.72. The first kappa shape index (κ1) is 9.24. The van der Waals surface area contributed by atoms with Crippen molar-refractivity contribution in [2.45, 2.75) is 26.7 Å². The van der Waals surface area contributed by atoms with Gasteiger partial charge in [-0.15, -0.1) is 6.58 Å². The van der Waals surface area contributed by atoms with Gasteiger partial charge in [-0.05, 0) is 31.8 Å². The Kier molecular flexibility index (Phi) is 2.85. The molecule has 0 spiro atoms. The van der Waals surface area contributed by atoms with Crippen molar-refractivity contribution in [2.24, 2.45) is 11.8 Å². The van der Waals surface area contributed by atoms with E-state index in [1.807, 2.05) is 19.9 Å². The van der Waals surface area contributed by atoms with Crippen LogP contribution in [0.25, 0.3) is 0 Å². The van der Waals surface area contributed by atoms with E-state index in [-0.39, 0.29) is 11.7 Å². The van der Waals surface area contributed by atoms with Crippen molar-refractivity contribution in [3.8, 4) is 0 Å². The van der Waals surface area contributed by atoms with Gasteiger partial charge in [0.05, 0.1) is 0 Å². The van der Waals surface area contributed by atoms with E-state index in [4.69, 9.17) is 0 Å². The van der Waals surface area contributed by atoms with Crippen LogP contribution in [0.4, 0.5) is 0 Å². The average molecular weight is 164 g/mol. The highest BCUT2D eigenvalue weighted by atomic mass is 16.1. The summed E-state index contributed by atoms with van der Waals surface area (Å²) in [5, 5.41) is 0. The summed E-state index contributed by atoms with van der Waals surface area (Å²) in [6.45, 7) is 7.76. The van der Waals surface area contributed by atoms with Crippen LogP contribution in [-0.2, 0) is 4.79 Å². The van der Waals surface area contributed by atoms with Gasteiger partial charge in [-0.3, -0.25) is 4.79 Å². The molecule has 0 aliphatic heterocycles. The zero-order valence-corrected chi connectivity index (χ0v) is 7.84. The first-order valence-electron chi connectivity index (χ1n) is 4.48. The van der Waals surface area contributed by atoms with Crippen LogP contribution in [0.3, 0.4) is 0 Å². The van der Waals surface area contributed by atoms with Gasteiger partial charge in [-0.2, -0.15) is 0 Å². The maximum Gasteiger partial charge on any atom is 0.158 e. The molecular weight excluding hydrogens is 148 g/mol. The Bertz CT molecular complexity index is 225. The van der Waals surface area contributed by atoms with E-state index in [9.17, 15) is 4.79 Å². The molecule has 0 saturated carbocycles. The minimum Gasteiger partial charge on any atom is -0.295 e. The van der Waals surface area contributed by atoms with Crippen molar-refractivity contribution >= 4 is 5.78 Å². The van der Waals surface area contributed by atoms with Gasteiger partial charge in [0.25, 0.3) is 0 Å². The summed E-state index contributed by atoms with van der Waals surface area (Å²) in [6, 6.07) is 0. The second kappa shape index (κ2) is 3.70. The molecule has 0 unspecified atom stereocenters. The van der Waals surface area contributed by atoms with E-state index in [0.29, 0.717) is 5.92 Å². The molecule has 0 amide bonds. The monoisotopic (exact) mass is 164 g/mol. The van der Waals surface area contributed by atoms with Gasteiger partial charge in [0.1, 0.15) is 0 Å². The van der Waals surface area contributed by atoms with Crippen molar-refractivity contribution in [2.75, 3.05) is 0 Å². The second-order valence-corrected chi connectivity index (χ2v) is 3.65. The van der Waals surface area contributed by atoms with Gasteiger partial charge in [0.15, 0.2) is 5.78 Å². The van der Waals surface area contributed by atoms with Crippen molar-refractivity contribution in [3.05, 3.63) is 24.3 Å². The molecule has 0 heterocycles. The molecule has 2 atom stereocenters. The smallest absolute Gasteiger partial charge is 0.158 e. The number of carbonyl (C=O) groups excluding carboxylic acids is 1. The van der Waals surface area contributed by atoms with Gasteiger partial charge in [-0.25, -0.2) is 0 Å². The molecule has 1 heteroatoms. The average Bonchev–Trinajstić information content (AvgIpc) is 2.01. The Morgan fingerprint density at radius 1 is 1.75 bits per heavy atom. The van der Waals surface area contributed by atoms with Gasteiger partial charge in [0, 0.05) is 5.92 Å².